The summed E-state index contributed by atoms with van der Waals surface area (Å²) in [7, 11) is -10.1. The van der Waals surface area contributed by atoms with Crippen molar-refractivity contribution in [2.45, 2.75) is 303 Å². The fourth-order valence-corrected chi connectivity index (χ4v) is 11.6. The number of phosphoric acid groups is 2. The standard InChI is InChI=1S/C93H146O17P2/c1-5-9-13-17-21-25-29-33-37-41-43-47-50-54-58-62-66-70-74-78-91(96)104-84-89(110-93(98)80-76-72-68-64-60-56-52-48-44-42-38-34-30-26-22-18-14-10-6-2)86-108-112(101,102)106-82-87(94)81-105-111(99,100)107-85-88(109-92(97)79-75-71-67-63-59-55-51-46-40-36-32-28-24-20-16-12-8-4)83-103-90(95)77-73-69-65-61-57-53-49-45-39-35-31-27-23-19-15-11-7-3/h9,13,21-28,33-40,43-44,47-49,51,53-56,58,60-61,63,65,67-68,72,87-89,94H,5-8,10-12,14-20,29-32,41-42,45-46,50,52,57,59,62,64,66,69-71,73-86H2,1-4H3,(H,99,100)(H,101,102)/b13-9-,25-21-,26-22-,27-23-,28-24-,37-33-,38-34-,39-35-,40-36-,47-43-,48-44-,53-49-,55-51-,58-54-,60-56-,65-61-,67-63-,72-68-/t87-,88+,89+/m0/s1. The molecule has 112 heavy (non-hydrogen) atoms. The van der Waals surface area contributed by atoms with Crippen molar-refractivity contribution >= 4 is 39.5 Å². The minimum Gasteiger partial charge on any atom is -0.462 e. The molecule has 630 valence electrons. The number of carbonyl (C=O) groups is 4. The lowest BCUT2D eigenvalue weighted by atomic mass is 10.1. The minimum atomic E-state index is -5.03. The van der Waals surface area contributed by atoms with Gasteiger partial charge in [-0.2, -0.15) is 0 Å². The average molecular weight is 1600 g/mol. The fraction of sp³-hybridized carbons (Fsp3) is 0.570. The van der Waals surface area contributed by atoms with Crippen LogP contribution in [0, 0.1) is 0 Å². The maximum atomic E-state index is 13.1. The lowest BCUT2D eigenvalue weighted by Crippen LogP contribution is -2.30. The first-order valence-corrected chi connectivity index (χ1v) is 45.0. The van der Waals surface area contributed by atoms with Gasteiger partial charge in [-0.05, 0) is 186 Å². The van der Waals surface area contributed by atoms with Crippen molar-refractivity contribution < 1.29 is 80.2 Å². The molecule has 0 spiro atoms. The number of hydrogen-bond acceptors (Lipinski definition) is 15. The average Bonchev–Trinajstić information content (AvgIpc) is 0.898. The van der Waals surface area contributed by atoms with Gasteiger partial charge in [0.2, 0.25) is 0 Å². The Balaban J connectivity index is 5.62. The molecule has 0 radical (unpaired) electrons. The van der Waals surface area contributed by atoms with Gasteiger partial charge < -0.3 is 33.8 Å². The highest BCUT2D eigenvalue weighted by Gasteiger charge is 2.30. The number of unbranched alkanes of at least 4 members (excludes halogenated alkanes) is 14. The van der Waals surface area contributed by atoms with Gasteiger partial charge in [-0.15, -0.1) is 0 Å². The van der Waals surface area contributed by atoms with Gasteiger partial charge in [0, 0.05) is 25.7 Å². The molecular formula is C93H146O17P2. The molecule has 0 aromatic rings. The highest BCUT2D eigenvalue weighted by atomic mass is 31.2. The van der Waals surface area contributed by atoms with Crippen molar-refractivity contribution in [1.29, 1.82) is 0 Å². The molecule has 0 amide bonds. The maximum Gasteiger partial charge on any atom is 0.472 e. The van der Waals surface area contributed by atoms with E-state index in [-0.39, 0.29) is 25.7 Å². The van der Waals surface area contributed by atoms with E-state index >= 15 is 0 Å². The molecule has 0 aliphatic rings. The Bertz CT molecular complexity index is 2990. The van der Waals surface area contributed by atoms with E-state index in [0.717, 1.165) is 128 Å². The van der Waals surface area contributed by atoms with Crippen LogP contribution < -0.4 is 0 Å². The molecule has 5 atom stereocenters. The molecule has 0 aliphatic carbocycles. The predicted octanol–water partition coefficient (Wildman–Crippen LogP) is 25.2. The number of ether oxygens (including phenoxy) is 4. The summed E-state index contributed by atoms with van der Waals surface area (Å²) >= 11 is 0. The largest absolute Gasteiger partial charge is 0.472 e. The van der Waals surface area contributed by atoms with Gasteiger partial charge in [0.15, 0.2) is 12.2 Å². The molecule has 0 saturated carbocycles. The van der Waals surface area contributed by atoms with E-state index in [0.29, 0.717) is 44.9 Å². The molecule has 0 fully saturated rings. The van der Waals surface area contributed by atoms with Crippen LogP contribution in [0.15, 0.2) is 219 Å². The van der Waals surface area contributed by atoms with Crippen molar-refractivity contribution in [3.63, 3.8) is 0 Å². The molecule has 0 heterocycles. The highest BCUT2D eigenvalue weighted by Crippen LogP contribution is 2.45. The van der Waals surface area contributed by atoms with Gasteiger partial charge in [0.1, 0.15) is 19.3 Å². The van der Waals surface area contributed by atoms with Crippen LogP contribution in [0.1, 0.15) is 285 Å². The Morgan fingerprint density at radius 1 is 0.259 bits per heavy atom. The monoisotopic (exact) mass is 1600 g/mol. The van der Waals surface area contributed by atoms with Crippen molar-refractivity contribution in [3.8, 4) is 0 Å². The number of carbonyl (C=O) groups excluding carboxylic acids is 4. The normalized spacial score (nSPS) is 14.9. The zero-order valence-electron chi connectivity index (χ0n) is 69.0. The number of aliphatic hydroxyl groups excluding tert-OH is 1. The van der Waals surface area contributed by atoms with Crippen LogP contribution in [0.4, 0.5) is 0 Å². The van der Waals surface area contributed by atoms with Gasteiger partial charge in [-0.1, -0.05) is 291 Å². The van der Waals surface area contributed by atoms with Gasteiger partial charge in [0.05, 0.1) is 26.4 Å². The van der Waals surface area contributed by atoms with Gasteiger partial charge in [-0.3, -0.25) is 37.3 Å². The van der Waals surface area contributed by atoms with Crippen LogP contribution >= 0.6 is 15.6 Å². The van der Waals surface area contributed by atoms with Crippen LogP contribution in [-0.2, 0) is 65.4 Å². The third-order valence-corrected chi connectivity index (χ3v) is 18.3. The lowest BCUT2D eigenvalue weighted by molar-refractivity contribution is -0.161. The van der Waals surface area contributed by atoms with E-state index in [9.17, 15) is 43.2 Å². The Morgan fingerprint density at radius 3 is 0.786 bits per heavy atom. The number of hydrogen-bond donors (Lipinski definition) is 3. The Kier molecular flexibility index (Phi) is 77.5. The summed E-state index contributed by atoms with van der Waals surface area (Å²) in [4.78, 5) is 73.1. The maximum absolute atomic E-state index is 13.1. The quantitative estimate of drug-likeness (QED) is 0.0169. The SMILES string of the molecule is CC/C=C\C/C=C\C/C=C\C/C=C\C/C=C\CCCCCC(=O)OC[C@H](COP(=O)(O)OC[C@@H](O)COP(=O)(O)OC[C@@H](COC(=O)CCC/C=C\C/C=C\C/C=C\C/C=C\CCCCC)OC(=O)CCC/C=C\C/C=C\C/C=C\C/C=C\CCCCC)OC(=O)CC/C=C\C/C=C\C/C=C\C/C=C\C/C=C\CCCCC. The van der Waals surface area contributed by atoms with Crippen LogP contribution in [0.25, 0.3) is 0 Å². The molecule has 0 bridgehead atoms. The zero-order chi connectivity index (χ0) is 81.7. The van der Waals surface area contributed by atoms with Gasteiger partial charge in [-0.25, -0.2) is 9.13 Å². The summed E-state index contributed by atoms with van der Waals surface area (Å²) < 4.78 is 68.5. The van der Waals surface area contributed by atoms with Gasteiger partial charge >= 0.3 is 39.5 Å². The molecule has 17 nitrogen and oxygen atoms in total. The topological polar surface area (TPSA) is 237 Å². The number of esters is 4. The first-order valence-electron chi connectivity index (χ1n) is 42.0. The number of allylic oxidation sites excluding steroid dienone is 36. The second kappa shape index (κ2) is 82.4. The number of phosphoric ester groups is 2. The minimum absolute atomic E-state index is 0.00446. The molecule has 0 aromatic heterocycles. The van der Waals surface area contributed by atoms with E-state index in [2.05, 4.69) is 204 Å². The Labute approximate surface area is 677 Å². The van der Waals surface area contributed by atoms with Crippen molar-refractivity contribution in [1.82, 2.24) is 0 Å². The Morgan fingerprint density at radius 2 is 0.491 bits per heavy atom. The lowest BCUT2D eigenvalue weighted by Gasteiger charge is -2.21. The summed E-state index contributed by atoms with van der Waals surface area (Å²) in [5.41, 5.74) is 0. The van der Waals surface area contributed by atoms with Crippen molar-refractivity contribution in [2.24, 2.45) is 0 Å². The first kappa shape index (κ1) is 105. The molecule has 0 saturated heterocycles. The molecule has 0 rings (SSSR count). The highest BCUT2D eigenvalue weighted by molar-refractivity contribution is 7.47. The van der Waals surface area contributed by atoms with E-state index in [1.54, 1.807) is 0 Å². The summed E-state index contributed by atoms with van der Waals surface area (Å²) in [6.07, 6.45) is 105. The molecule has 0 aromatic carbocycles. The second-order valence-electron chi connectivity index (χ2n) is 27.0. The third-order valence-electron chi connectivity index (χ3n) is 16.4. The van der Waals surface area contributed by atoms with Crippen molar-refractivity contribution in [3.05, 3.63) is 219 Å². The summed E-state index contributed by atoms with van der Waals surface area (Å²) in [5, 5.41) is 10.7. The summed E-state index contributed by atoms with van der Waals surface area (Å²) in [5.74, 6) is -2.47. The van der Waals surface area contributed by atoms with E-state index < -0.39 is 97.5 Å². The third kappa shape index (κ3) is 81.4. The molecular weight excluding hydrogens is 1450 g/mol. The summed E-state index contributed by atoms with van der Waals surface area (Å²) in [6.45, 7) is 4.40. The molecule has 3 N–H and O–H groups in total. The van der Waals surface area contributed by atoms with Crippen LogP contribution in [-0.4, -0.2) is 96.7 Å². The molecule has 19 heteroatoms. The van der Waals surface area contributed by atoms with Crippen LogP contribution in [0.3, 0.4) is 0 Å². The second-order valence-corrected chi connectivity index (χ2v) is 29.9. The predicted molar refractivity (Wildman–Crippen MR) is 463 cm³/mol. The van der Waals surface area contributed by atoms with Crippen LogP contribution in [0.2, 0.25) is 0 Å². The van der Waals surface area contributed by atoms with E-state index in [1.807, 2.05) is 42.5 Å². The van der Waals surface area contributed by atoms with Crippen LogP contribution in [0.5, 0.6) is 0 Å². The summed E-state index contributed by atoms with van der Waals surface area (Å²) in [6, 6.07) is 0. The number of rotatable bonds is 76. The van der Waals surface area contributed by atoms with Gasteiger partial charge in [0.25, 0.3) is 0 Å². The number of aliphatic hydroxyl groups is 1. The van der Waals surface area contributed by atoms with Crippen molar-refractivity contribution in [2.75, 3.05) is 39.6 Å². The first-order chi connectivity index (χ1) is 54.7. The smallest absolute Gasteiger partial charge is 0.462 e. The fourth-order valence-electron chi connectivity index (χ4n) is 10.0. The molecule has 2 unspecified atom stereocenters. The zero-order valence-corrected chi connectivity index (χ0v) is 70.8. The Hall–Kier alpha value is -6.62. The van der Waals surface area contributed by atoms with E-state index in [4.69, 9.17) is 37.0 Å². The molecule has 0 aliphatic heterocycles. The van der Waals surface area contributed by atoms with E-state index in [1.165, 1.54) is 57.8 Å².